The van der Waals surface area contributed by atoms with Crippen LogP contribution in [0.3, 0.4) is 0 Å². The van der Waals surface area contributed by atoms with Gasteiger partial charge in [0.25, 0.3) is 0 Å². The Hall–Kier alpha value is -0.410. The summed E-state index contributed by atoms with van der Waals surface area (Å²) in [6.07, 6.45) is 9.29. The molecule has 3 unspecified atom stereocenters. The number of rotatable bonds is 3. The zero-order valence-electron chi connectivity index (χ0n) is 14.0. The molecule has 21 heavy (non-hydrogen) atoms. The van der Waals surface area contributed by atoms with Crippen molar-refractivity contribution >= 4 is 11.3 Å². The third-order valence-corrected chi connectivity index (χ3v) is 6.89. The minimum atomic E-state index is 0.380. The van der Waals surface area contributed by atoms with Crippen LogP contribution in [0.2, 0.25) is 0 Å². The van der Waals surface area contributed by atoms with Crippen LogP contribution in [0.4, 0.5) is 0 Å². The van der Waals surface area contributed by atoms with Crippen LogP contribution in [0, 0.1) is 11.3 Å². The average molecular weight is 307 g/mol. The number of nitrogens with one attached hydrogen (secondary N) is 1. The highest BCUT2D eigenvalue weighted by Crippen LogP contribution is 2.46. The molecule has 1 fully saturated rings. The Morgan fingerprint density at radius 3 is 2.86 bits per heavy atom. The second-order valence-electron chi connectivity index (χ2n) is 7.89. The molecule has 0 aromatic carbocycles. The Morgan fingerprint density at radius 2 is 2.14 bits per heavy atom. The molecular weight excluding hydrogens is 276 g/mol. The highest BCUT2D eigenvalue weighted by atomic mass is 32.1. The van der Waals surface area contributed by atoms with Gasteiger partial charge in [0, 0.05) is 16.8 Å². The van der Waals surface area contributed by atoms with Crippen LogP contribution in [0.25, 0.3) is 0 Å². The summed E-state index contributed by atoms with van der Waals surface area (Å²) in [7, 11) is 2.10. The van der Waals surface area contributed by atoms with Gasteiger partial charge >= 0.3 is 0 Å². The van der Waals surface area contributed by atoms with Gasteiger partial charge in [0.1, 0.15) is 0 Å². The first-order valence-electron chi connectivity index (χ1n) is 8.69. The third kappa shape index (κ3) is 3.19. The number of fused-ring (bicyclic) bond motifs is 1. The van der Waals surface area contributed by atoms with Crippen molar-refractivity contribution in [1.29, 1.82) is 0 Å². The van der Waals surface area contributed by atoms with E-state index in [1.54, 1.807) is 0 Å². The molecule has 0 bridgehead atoms. The molecule has 1 saturated carbocycles. The summed E-state index contributed by atoms with van der Waals surface area (Å²) >= 11 is 2.01. The lowest BCUT2D eigenvalue weighted by Gasteiger charge is -2.34. The molecule has 3 atom stereocenters. The van der Waals surface area contributed by atoms with E-state index >= 15 is 0 Å². The van der Waals surface area contributed by atoms with Gasteiger partial charge in [-0.05, 0) is 44.1 Å². The van der Waals surface area contributed by atoms with Crippen molar-refractivity contribution in [1.82, 2.24) is 10.3 Å². The van der Waals surface area contributed by atoms with E-state index in [-0.39, 0.29) is 0 Å². The molecule has 1 aromatic heterocycles. The maximum atomic E-state index is 5.12. The lowest BCUT2D eigenvalue weighted by atomic mass is 9.76. The van der Waals surface area contributed by atoms with E-state index < -0.39 is 0 Å². The van der Waals surface area contributed by atoms with Crippen molar-refractivity contribution in [3.63, 3.8) is 0 Å². The topological polar surface area (TPSA) is 24.9 Å². The maximum Gasteiger partial charge on any atom is 0.0962 e. The monoisotopic (exact) mass is 306 g/mol. The fraction of sp³-hybridized carbons (Fsp3) is 0.833. The highest BCUT2D eigenvalue weighted by Gasteiger charge is 2.35. The molecule has 2 aliphatic rings. The fourth-order valence-electron chi connectivity index (χ4n) is 4.25. The maximum absolute atomic E-state index is 5.12. The molecule has 3 heteroatoms. The molecule has 2 nitrogen and oxygen atoms in total. The van der Waals surface area contributed by atoms with E-state index in [0.717, 1.165) is 18.3 Å². The first-order chi connectivity index (χ1) is 10.0. The largest absolute Gasteiger partial charge is 0.312 e. The van der Waals surface area contributed by atoms with Crippen molar-refractivity contribution < 1.29 is 0 Å². The Balaban J connectivity index is 1.84. The fourth-order valence-corrected chi connectivity index (χ4v) is 5.59. The second kappa shape index (κ2) is 6.00. The first-order valence-corrected chi connectivity index (χ1v) is 9.51. The Bertz CT molecular complexity index is 491. The summed E-state index contributed by atoms with van der Waals surface area (Å²) in [5.74, 6) is 1.67. The van der Waals surface area contributed by atoms with Crippen LogP contribution in [-0.4, -0.2) is 12.0 Å². The summed E-state index contributed by atoms with van der Waals surface area (Å²) in [6.45, 7) is 7.11. The Labute approximate surface area is 133 Å². The van der Waals surface area contributed by atoms with Crippen molar-refractivity contribution in [2.75, 3.05) is 7.05 Å². The van der Waals surface area contributed by atoms with E-state index in [1.807, 2.05) is 11.3 Å². The zero-order chi connectivity index (χ0) is 15.0. The molecular formula is C18H30N2S. The van der Waals surface area contributed by atoms with Gasteiger partial charge in [0.15, 0.2) is 0 Å². The van der Waals surface area contributed by atoms with Gasteiger partial charge in [-0.15, -0.1) is 11.3 Å². The van der Waals surface area contributed by atoms with Gasteiger partial charge in [0.05, 0.1) is 10.7 Å². The van der Waals surface area contributed by atoms with Crippen molar-refractivity contribution in [3.05, 3.63) is 15.6 Å². The number of hydrogen-bond donors (Lipinski definition) is 1. The van der Waals surface area contributed by atoms with Crippen LogP contribution in [-0.2, 0) is 6.42 Å². The van der Waals surface area contributed by atoms with E-state index in [4.69, 9.17) is 4.98 Å². The van der Waals surface area contributed by atoms with Crippen LogP contribution < -0.4 is 5.32 Å². The number of hydrogen-bond acceptors (Lipinski definition) is 3. The Morgan fingerprint density at radius 1 is 1.33 bits per heavy atom. The first kappa shape index (κ1) is 15.5. The van der Waals surface area contributed by atoms with Crippen LogP contribution >= 0.6 is 11.3 Å². The third-order valence-electron chi connectivity index (χ3n) is 5.52. The summed E-state index contributed by atoms with van der Waals surface area (Å²) in [5, 5.41) is 4.96. The predicted octanol–water partition coefficient (Wildman–Crippen LogP) is 5.06. The van der Waals surface area contributed by atoms with E-state index in [2.05, 4.69) is 33.1 Å². The quantitative estimate of drug-likeness (QED) is 0.844. The summed E-state index contributed by atoms with van der Waals surface area (Å²) in [5.41, 5.74) is 1.77. The summed E-state index contributed by atoms with van der Waals surface area (Å²) in [6, 6.07) is 0.514. The molecule has 1 heterocycles. The number of aromatic nitrogens is 1. The lowest BCUT2D eigenvalue weighted by Crippen LogP contribution is -2.30. The van der Waals surface area contributed by atoms with Gasteiger partial charge in [-0.1, -0.05) is 40.0 Å². The van der Waals surface area contributed by atoms with Crippen molar-refractivity contribution in [2.45, 2.75) is 77.7 Å². The van der Waals surface area contributed by atoms with E-state index in [9.17, 15) is 0 Å². The standard InChI is InChI=1S/C18H30N2S/c1-5-12-7-6-8-13(9-12)17-20-15-11-18(2,3)10-14(19-4)16(15)21-17/h12-14,19H,5-11H2,1-4H3. The molecule has 2 aliphatic carbocycles. The van der Waals surface area contributed by atoms with Crippen molar-refractivity contribution in [2.24, 2.45) is 11.3 Å². The molecule has 0 aliphatic heterocycles. The molecule has 3 rings (SSSR count). The number of nitrogens with zero attached hydrogens (tertiary/aromatic N) is 1. The molecule has 0 saturated heterocycles. The lowest BCUT2D eigenvalue weighted by molar-refractivity contribution is 0.264. The Kier molecular flexibility index (Phi) is 4.42. The minimum Gasteiger partial charge on any atom is -0.312 e. The molecule has 1 N–H and O–H groups in total. The van der Waals surface area contributed by atoms with Gasteiger partial charge in [-0.2, -0.15) is 0 Å². The predicted molar refractivity (Wildman–Crippen MR) is 91.0 cm³/mol. The summed E-state index contributed by atoms with van der Waals surface area (Å²) in [4.78, 5) is 6.65. The normalized spacial score (nSPS) is 31.9. The van der Waals surface area contributed by atoms with Crippen LogP contribution in [0.1, 0.15) is 86.8 Å². The average Bonchev–Trinajstić information content (AvgIpc) is 2.89. The highest BCUT2D eigenvalue weighted by molar-refractivity contribution is 7.12. The van der Waals surface area contributed by atoms with Crippen LogP contribution in [0.15, 0.2) is 0 Å². The SMILES string of the molecule is CCC1CCCC(c2nc3c(s2)C(NC)CC(C)(C)C3)C1. The van der Waals surface area contributed by atoms with Gasteiger partial charge in [-0.25, -0.2) is 4.98 Å². The molecule has 0 amide bonds. The van der Waals surface area contributed by atoms with E-state index in [1.165, 1.54) is 54.1 Å². The molecule has 0 spiro atoms. The van der Waals surface area contributed by atoms with Gasteiger partial charge < -0.3 is 5.32 Å². The molecule has 118 valence electrons. The molecule has 1 aromatic rings. The number of thiazole rings is 1. The van der Waals surface area contributed by atoms with Gasteiger partial charge in [0.2, 0.25) is 0 Å². The second-order valence-corrected chi connectivity index (χ2v) is 8.95. The minimum absolute atomic E-state index is 0.380. The summed E-state index contributed by atoms with van der Waals surface area (Å²) < 4.78 is 0. The molecule has 0 radical (unpaired) electrons. The van der Waals surface area contributed by atoms with Crippen molar-refractivity contribution in [3.8, 4) is 0 Å². The smallest absolute Gasteiger partial charge is 0.0962 e. The van der Waals surface area contributed by atoms with Gasteiger partial charge in [-0.3, -0.25) is 0 Å². The van der Waals surface area contributed by atoms with E-state index in [0.29, 0.717) is 11.5 Å². The zero-order valence-corrected chi connectivity index (χ0v) is 14.9. The van der Waals surface area contributed by atoms with Crippen LogP contribution in [0.5, 0.6) is 0 Å².